The van der Waals surface area contributed by atoms with Crippen LogP contribution in [0.2, 0.25) is 0 Å². The summed E-state index contributed by atoms with van der Waals surface area (Å²) in [5.41, 5.74) is 1.53. The van der Waals surface area contributed by atoms with Gasteiger partial charge < -0.3 is 5.32 Å². The van der Waals surface area contributed by atoms with E-state index in [1.807, 2.05) is 12.1 Å². The zero-order chi connectivity index (χ0) is 13.1. The number of nitrogens with one attached hydrogen (secondary N) is 1. The topological polar surface area (TPSA) is 53.9 Å². The fraction of sp³-hybridized carbons (Fsp3) is 0.500. The maximum absolute atomic E-state index is 4.46. The molecule has 5 nitrogen and oxygen atoms in total. The van der Waals surface area contributed by atoms with Gasteiger partial charge in [0.25, 0.3) is 0 Å². The van der Waals surface area contributed by atoms with Gasteiger partial charge in [-0.15, -0.1) is 0 Å². The number of aromatic nitrogens is 3. The van der Waals surface area contributed by atoms with Gasteiger partial charge in [0, 0.05) is 31.5 Å². The molecule has 0 aromatic carbocycles. The van der Waals surface area contributed by atoms with Crippen LogP contribution < -0.4 is 5.32 Å². The van der Waals surface area contributed by atoms with Crippen molar-refractivity contribution in [3.05, 3.63) is 24.5 Å². The van der Waals surface area contributed by atoms with Gasteiger partial charge in [0.1, 0.15) is 11.3 Å². The van der Waals surface area contributed by atoms with Crippen LogP contribution in [0.4, 0.5) is 5.82 Å². The van der Waals surface area contributed by atoms with Gasteiger partial charge in [-0.1, -0.05) is 6.92 Å². The quantitative estimate of drug-likeness (QED) is 0.857. The lowest BCUT2D eigenvalue weighted by atomic mass is 10.4. The second-order valence-electron chi connectivity index (χ2n) is 4.88. The largest absolute Gasteiger partial charge is 0.369 e. The van der Waals surface area contributed by atoms with Crippen LogP contribution in [-0.2, 0) is 0 Å². The van der Waals surface area contributed by atoms with E-state index in [-0.39, 0.29) is 0 Å². The van der Waals surface area contributed by atoms with Crippen molar-refractivity contribution in [2.24, 2.45) is 0 Å². The average molecular weight is 257 g/mol. The van der Waals surface area contributed by atoms with Gasteiger partial charge in [-0.3, -0.25) is 9.88 Å². The smallest absolute Gasteiger partial charge is 0.180 e. The normalized spacial score (nSPS) is 15.1. The van der Waals surface area contributed by atoms with Crippen molar-refractivity contribution >= 4 is 17.0 Å². The number of rotatable bonds is 6. The maximum Gasteiger partial charge on any atom is 0.180 e. The lowest BCUT2D eigenvalue weighted by Crippen LogP contribution is -2.31. The molecular formula is C14H19N5. The van der Waals surface area contributed by atoms with Crippen LogP contribution >= 0.6 is 0 Å². The summed E-state index contributed by atoms with van der Waals surface area (Å²) in [5, 5.41) is 3.36. The molecule has 100 valence electrons. The Morgan fingerprint density at radius 2 is 2.11 bits per heavy atom. The van der Waals surface area contributed by atoms with Crippen LogP contribution in [0.15, 0.2) is 24.5 Å². The molecule has 0 bridgehead atoms. The summed E-state index contributed by atoms with van der Waals surface area (Å²) in [4.78, 5) is 15.4. The van der Waals surface area contributed by atoms with Crippen molar-refractivity contribution in [2.45, 2.75) is 25.8 Å². The van der Waals surface area contributed by atoms with Crippen molar-refractivity contribution in [1.29, 1.82) is 0 Å². The van der Waals surface area contributed by atoms with Gasteiger partial charge in [0.2, 0.25) is 0 Å². The number of hydrogen-bond donors (Lipinski definition) is 1. The molecule has 1 N–H and O–H groups in total. The monoisotopic (exact) mass is 257 g/mol. The fourth-order valence-electron chi connectivity index (χ4n) is 2.32. The highest BCUT2D eigenvalue weighted by Gasteiger charge is 2.27. The lowest BCUT2D eigenvalue weighted by molar-refractivity contribution is 0.289. The second kappa shape index (κ2) is 5.48. The molecule has 2 aromatic rings. The van der Waals surface area contributed by atoms with E-state index in [2.05, 4.69) is 32.1 Å². The highest BCUT2D eigenvalue weighted by Crippen LogP contribution is 2.25. The maximum atomic E-state index is 4.46. The third-order valence-corrected chi connectivity index (χ3v) is 3.51. The SMILES string of the molecule is CCN(CCNc1ccc2nccnc2n1)C1CC1. The Morgan fingerprint density at radius 3 is 2.89 bits per heavy atom. The first kappa shape index (κ1) is 12.3. The molecule has 19 heavy (non-hydrogen) atoms. The molecule has 0 spiro atoms. The van der Waals surface area contributed by atoms with Crippen LogP contribution in [0, 0.1) is 0 Å². The molecule has 0 atom stereocenters. The standard InChI is InChI=1S/C14H19N5/c1-2-19(11-3-4-11)10-9-16-13-6-5-12-14(18-13)17-8-7-15-12/h5-8,11H,2-4,9-10H2,1H3,(H,16,17,18). The van der Waals surface area contributed by atoms with E-state index in [4.69, 9.17) is 0 Å². The van der Waals surface area contributed by atoms with E-state index in [9.17, 15) is 0 Å². The zero-order valence-corrected chi connectivity index (χ0v) is 11.2. The van der Waals surface area contributed by atoms with E-state index in [1.54, 1.807) is 12.4 Å². The molecule has 1 aliphatic rings. The van der Waals surface area contributed by atoms with Crippen molar-refractivity contribution in [3.63, 3.8) is 0 Å². The zero-order valence-electron chi connectivity index (χ0n) is 11.2. The van der Waals surface area contributed by atoms with E-state index in [0.29, 0.717) is 5.65 Å². The average Bonchev–Trinajstić information content (AvgIpc) is 3.28. The Hall–Kier alpha value is -1.75. The van der Waals surface area contributed by atoms with E-state index in [1.165, 1.54) is 12.8 Å². The minimum absolute atomic E-state index is 0.696. The van der Waals surface area contributed by atoms with Crippen molar-refractivity contribution < 1.29 is 0 Å². The summed E-state index contributed by atoms with van der Waals surface area (Å²) in [6.07, 6.45) is 6.08. The highest BCUT2D eigenvalue weighted by molar-refractivity contribution is 5.71. The summed E-state index contributed by atoms with van der Waals surface area (Å²) in [7, 11) is 0. The number of fused-ring (bicyclic) bond motifs is 1. The van der Waals surface area contributed by atoms with Gasteiger partial charge >= 0.3 is 0 Å². The molecule has 2 heterocycles. The van der Waals surface area contributed by atoms with Gasteiger partial charge in [-0.25, -0.2) is 9.97 Å². The molecule has 0 amide bonds. The van der Waals surface area contributed by atoms with Crippen molar-refractivity contribution in [2.75, 3.05) is 25.0 Å². The van der Waals surface area contributed by atoms with Crippen LogP contribution in [0.1, 0.15) is 19.8 Å². The summed E-state index contributed by atoms with van der Waals surface area (Å²) < 4.78 is 0. The molecule has 1 saturated carbocycles. The third-order valence-electron chi connectivity index (χ3n) is 3.51. The lowest BCUT2D eigenvalue weighted by Gasteiger charge is -2.19. The van der Waals surface area contributed by atoms with Crippen molar-refractivity contribution in [3.8, 4) is 0 Å². The van der Waals surface area contributed by atoms with Gasteiger partial charge in [-0.05, 0) is 31.5 Å². The molecule has 3 rings (SSSR count). The Bertz CT molecular complexity index is 552. The molecule has 0 saturated heterocycles. The number of nitrogens with zero attached hydrogens (tertiary/aromatic N) is 4. The summed E-state index contributed by atoms with van der Waals surface area (Å²) in [6, 6.07) is 4.74. The highest BCUT2D eigenvalue weighted by atomic mass is 15.2. The van der Waals surface area contributed by atoms with Gasteiger partial charge in [0.15, 0.2) is 5.65 Å². The summed E-state index contributed by atoms with van der Waals surface area (Å²) >= 11 is 0. The minimum atomic E-state index is 0.696. The van der Waals surface area contributed by atoms with E-state index in [0.717, 1.165) is 37.0 Å². The summed E-state index contributed by atoms with van der Waals surface area (Å²) in [6.45, 7) is 5.34. The molecule has 1 aliphatic carbocycles. The number of anilines is 1. The van der Waals surface area contributed by atoms with E-state index >= 15 is 0 Å². The minimum Gasteiger partial charge on any atom is -0.369 e. The molecule has 1 fully saturated rings. The van der Waals surface area contributed by atoms with Gasteiger partial charge in [-0.2, -0.15) is 0 Å². The van der Waals surface area contributed by atoms with Crippen LogP contribution in [-0.4, -0.2) is 45.5 Å². The Balaban J connectivity index is 1.58. The molecular weight excluding hydrogens is 238 g/mol. The Labute approximate surface area is 113 Å². The first-order chi connectivity index (χ1) is 9.36. The first-order valence-corrected chi connectivity index (χ1v) is 6.92. The predicted octanol–water partition coefficient (Wildman–Crippen LogP) is 1.92. The molecule has 5 heteroatoms. The Morgan fingerprint density at radius 1 is 1.26 bits per heavy atom. The Kier molecular flexibility index (Phi) is 3.55. The number of likely N-dealkylation sites (N-methyl/N-ethyl adjacent to an activating group) is 1. The number of hydrogen-bond acceptors (Lipinski definition) is 5. The van der Waals surface area contributed by atoms with E-state index < -0.39 is 0 Å². The van der Waals surface area contributed by atoms with Crippen LogP contribution in [0.5, 0.6) is 0 Å². The molecule has 0 radical (unpaired) electrons. The number of pyridine rings is 1. The van der Waals surface area contributed by atoms with Crippen LogP contribution in [0.3, 0.4) is 0 Å². The van der Waals surface area contributed by atoms with Crippen LogP contribution in [0.25, 0.3) is 11.2 Å². The molecule has 0 aliphatic heterocycles. The molecule has 2 aromatic heterocycles. The third kappa shape index (κ3) is 2.98. The fourth-order valence-corrected chi connectivity index (χ4v) is 2.32. The second-order valence-corrected chi connectivity index (χ2v) is 4.88. The first-order valence-electron chi connectivity index (χ1n) is 6.92. The molecule has 0 unspecified atom stereocenters. The summed E-state index contributed by atoms with van der Waals surface area (Å²) in [5.74, 6) is 0.875. The van der Waals surface area contributed by atoms with Crippen molar-refractivity contribution in [1.82, 2.24) is 19.9 Å². The van der Waals surface area contributed by atoms with Gasteiger partial charge in [0.05, 0.1) is 0 Å². The predicted molar refractivity (Wildman–Crippen MR) is 76.1 cm³/mol.